The second-order valence-electron chi connectivity index (χ2n) is 4.40. The fourth-order valence-corrected chi connectivity index (χ4v) is 1.76. The number of rotatable bonds is 6. The largest absolute Gasteiger partial charge is 0.491 e. The second kappa shape index (κ2) is 6.60. The molecule has 1 aromatic heterocycles. The molecule has 106 valence electrons. The minimum atomic E-state index is -0.153. The maximum atomic E-state index is 11.8. The quantitative estimate of drug-likeness (QED) is 0.698. The first kappa shape index (κ1) is 13.9. The molecule has 0 aliphatic heterocycles. The number of para-hydroxylation sites is 2. The van der Waals surface area contributed by atoms with Gasteiger partial charge in [0.1, 0.15) is 11.6 Å². The summed E-state index contributed by atoms with van der Waals surface area (Å²) >= 11 is 0. The van der Waals surface area contributed by atoms with Gasteiger partial charge in [0.25, 0.3) is 0 Å². The van der Waals surface area contributed by atoms with Crippen LogP contribution in [0, 0.1) is 0 Å². The molecule has 6 nitrogen and oxygen atoms in total. The van der Waals surface area contributed by atoms with E-state index in [9.17, 15) is 4.79 Å². The Balaban J connectivity index is 1.74. The number of benzene rings is 1. The van der Waals surface area contributed by atoms with Gasteiger partial charge in [-0.3, -0.25) is 4.79 Å². The van der Waals surface area contributed by atoms with E-state index in [1.54, 1.807) is 24.5 Å². The van der Waals surface area contributed by atoms with E-state index in [-0.39, 0.29) is 25.0 Å². The Morgan fingerprint density at radius 2 is 2.30 bits per heavy atom. The molecule has 4 N–H and O–H groups in total. The first-order valence-electron chi connectivity index (χ1n) is 6.43. The van der Waals surface area contributed by atoms with Crippen molar-refractivity contribution in [1.82, 2.24) is 15.3 Å². The molecule has 6 heteroatoms. The van der Waals surface area contributed by atoms with Crippen LogP contribution in [0.3, 0.4) is 0 Å². The summed E-state index contributed by atoms with van der Waals surface area (Å²) in [7, 11) is 0. The molecule has 20 heavy (non-hydrogen) atoms. The monoisotopic (exact) mass is 274 g/mol. The maximum Gasteiger partial charge on any atom is 0.224 e. The van der Waals surface area contributed by atoms with Gasteiger partial charge in [0, 0.05) is 12.4 Å². The van der Waals surface area contributed by atoms with Gasteiger partial charge in [-0.25, -0.2) is 4.98 Å². The van der Waals surface area contributed by atoms with Crippen LogP contribution in [0.1, 0.15) is 25.2 Å². The molecule has 1 aromatic carbocycles. The molecule has 0 aliphatic carbocycles. The topological polar surface area (TPSA) is 93.0 Å². The molecular formula is C14H18N4O2. The first-order chi connectivity index (χ1) is 9.66. The SMILES string of the molecule is CC(NC(=O)CCOc1ccccc1N)c1ncc[nH]1. The first-order valence-corrected chi connectivity index (χ1v) is 6.43. The molecule has 1 heterocycles. The van der Waals surface area contributed by atoms with Crippen molar-refractivity contribution in [3.63, 3.8) is 0 Å². The predicted octanol–water partition coefficient (Wildman–Crippen LogP) is 1.64. The van der Waals surface area contributed by atoms with Gasteiger partial charge in [-0.1, -0.05) is 12.1 Å². The van der Waals surface area contributed by atoms with Crippen LogP contribution in [0.4, 0.5) is 5.69 Å². The van der Waals surface area contributed by atoms with Crippen LogP contribution in [0.25, 0.3) is 0 Å². The number of anilines is 1. The summed E-state index contributed by atoms with van der Waals surface area (Å²) in [5.74, 6) is 1.23. The number of hydrogen-bond acceptors (Lipinski definition) is 4. The molecule has 1 amide bonds. The van der Waals surface area contributed by atoms with Gasteiger partial charge in [0.05, 0.1) is 24.8 Å². The van der Waals surface area contributed by atoms with Gasteiger partial charge in [-0.2, -0.15) is 0 Å². The molecule has 0 fully saturated rings. The van der Waals surface area contributed by atoms with E-state index >= 15 is 0 Å². The maximum absolute atomic E-state index is 11.8. The predicted molar refractivity (Wildman–Crippen MR) is 76.1 cm³/mol. The molecule has 0 spiro atoms. The number of amides is 1. The van der Waals surface area contributed by atoms with Crippen molar-refractivity contribution in [2.75, 3.05) is 12.3 Å². The van der Waals surface area contributed by atoms with Crippen LogP contribution in [0.15, 0.2) is 36.7 Å². The third-order valence-electron chi connectivity index (χ3n) is 2.81. The molecule has 0 bridgehead atoms. The lowest BCUT2D eigenvalue weighted by atomic mass is 10.3. The number of nitrogens with two attached hydrogens (primary N) is 1. The van der Waals surface area contributed by atoms with Crippen molar-refractivity contribution in [3.8, 4) is 5.75 Å². The second-order valence-corrected chi connectivity index (χ2v) is 4.40. The number of ether oxygens (including phenoxy) is 1. The van der Waals surface area contributed by atoms with Crippen LogP contribution in [0.5, 0.6) is 5.75 Å². The third-order valence-corrected chi connectivity index (χ3v) is 2.81. The Hall–Kier alpha value is -2.50. The third kappa shape index (κ3) is 3.74. The van der Waals surface area contributed by atoms with E-state index in [0.29, 0.717) is 11.4 Å². The lowest BCUT2D eigenvalue weighted by Gasteiger charge is -2.12. The fraction of sp³-hybridized carbons (Fsp3) is 0.286. The van der Waals surface area contributed by atoms with E-state index in [4.69, 9.17) is 10.5 Å². The Bertz CT molecular complexity index is 554. The summed E-state index contributed by atoms with van der Waals surface area (Å²) in [4.78, 5) is 18.8. The van der Waals surface area contributed by atoms with Crippen molar-refractivity contribution in [1.29, 1.82) is 0 Å². The lowest BCUT2D eigenvalue weighted by Crippen LogP contribution is -2.28. The van der Waals surface area contributed by atoms with Crippen LogP contribution >= 0.6 is 0 Å². The molecule has 0 saturated heterocycles. The molecule has 0 saturated carbocycles. The highest BCUT2D eigenvalue weighted by molar-refractivity contribution is 5.76. The van der Waals surface area contributed by atoms with Crippen LogP contribution in [0.2, 0.25) is 0 Å². The van der Waals surface area contributed by atoms with Crippen LogP contribution in [-0.4, -0.2) is 22.5 Å². The lowest BCUT2D eigenvalue weighted by molar-refractivity contribution is -0.122. The summed E-state index contributed by atoms with van der Waals surface area (Å²) in [5, 5.41) is 2.84. The molecule has 0 aliphatic rings. The van der Waals surface area contributed by atoms with Gasteiger partial charge in [-0.05, 0) is 19.1 Å². The van der Waals surface area contributed by atoms with Gasteiger partial charge in [-0.15, -0.1) is 0 Å². The van der Waals surface area contributed by atoms with Crippen molar-refractivity contribution < 1.29 is 9.53 Å². The summed E-state index contributed by atoms with van der Waals surface area (Å²) in [5.41, 5.74) is 6.31. The average molecular weight is 274 g/mol. The zero-order valence-corrected chi connectivity index (χ0v) is 11.3. The number of aromatic nitrogens is 2. The highest BCUT2D eigenvalue weighted by atomic mass is 16.5. The van der Waals surface area contributed by atoms with Crippen LogP contribution in [-0.2, 0) is 4.79 Å². The van der Waals surface area contributed by atoms with E-state index in [2.05, 4.69) is 15.3 Å². The number of carbonyl (C=O) groups is 1. The van der Waals surface area contributed by atoms with Crippen molar-refractivity contribution in [3.05, 3.63) is 42.5 Å². The number of aromatic amines is 1. The number of nitrogen functional groups attached to an aromatic ring is 1. The molecule has 1 unspecified atom stereocenters. The van der Waals surface area contributed by atoms with E-state index in [0.717, 1.165) is 5.82 Å². The number of imidazole rings is 1. The van der Waals surface area contributed by atoms with Gasteiger partial charge >= 0.3 is 0 Å². The van der Waals surface area contributed by atoms with E-state index < -0.39 is 0 Å². The normalized spacial score (nSPS) is 11.8. The molecule has 2 rings (SSSR count). The van der Waals surface area contributed by atoms with Crippen molar-refractivity contribution >= 4 is 11.6 Å². The van der Waals surface area contributed by atoms with Gasteiger partial charge in [0.2, 0.25) is 5.91 Å². The standard InChI is InChI=1S/C14H18N4O2/c1-10(14-16-7-8-17-14)18-13(19)6-9-20-12-5-3-2-4-11(12)15/h2-5,7-8,10H,6,9,15H2,1H3,(H,16,17)(H,18,19). The van der Waals surface area contributed by atoms with Gasteiger partial charge in [0.15, 0.2) is 0 Å². The Labute approximate surface area is 117 Å². The molecule has 2 aromatic rings. The number of nitrogens with one attached hydrogen (secondary N) is 2. The Kier molecular flexibility index (Phi) is 4.60. The molecule has 1 atom stereocenters. The molecule has 0 radical (unpaired) electrons. The van der Waals surface area contributed by atoms with E-state index in [1.165, 1.54) is 0 Å². The Morgan fingerprint density at radius 3 is 3.00 bits per heavy atom. The average Bonchev–Trinajstić information content (AvgIpc) is 2.95. The zero-order valence-electron chi connectivity index (χ0n) is 11.3. The van der Waals surface area contributed by atoms with Crippen LogP contribution < -0.4 is 15.8 Å². The highest BCUT2D eigenvalue weighted by Gasteiger charge is 2.11. The minimum Gasteiger partial charge on any atom is -0.491 e. The highest BCUT2D eigenvalue weighted by Crippen LogP contribution is 2.19. The van der Waals surface area contributed by atoms with Crippen molar-refractivity contribution in [2.24, 2.45) is 0 Å². The summed E-state index contributed by atoms with van der Waals surface area (Å²) in [6, 6.07) is 7.05. The summed E-state index contributed by atoms with van der Waals surface area (Å²) < 4.78 is 5.47. The fourth-order valence-electron chi connectivity index (χ4n) is 1.76. The number of nitrogens with zero attached hydrogens (tertiary/aromatic N) is 1. The number of carbonyl (C=O) groups excluding carboxylic acids is 1. The van der Waals surface area contributed by atoms with Gasteiger partial charge < -0.3 is 20.8 Å². The van der Waals surface area contributed by atoms with E-state index in [1.807, 2.05) is 19.1 Å². The number of H-pyrrole nitrogens is 1. The minimum absolute atomic E-state index is 0.0941. The number of hydrogen-bond donors (Lipinski definition) is 3. The smallest absolute Gasteiger partial charge is 0.224 e. The van der Waals surface area contributed by atoms with Crippen molar-refractivity contribution in [2.45, 2.75) is 19.4 Å². The Morgan fingerprint density at radius 1 is 1.50 bits per heavy atom. The zero-order chi connectivity index (χ0) is 14.4. The molecular weight excluding hydrogens is 256 g/mol. The summed E-state index contributed by atoms with van der Waals surface area (Å²) in [6.45, 7) is 2.15. The summed E-state index contributed by atoms with van der Waals surface area (Å²) in [6.07, 6.45) is 3.64.